The molecule has 0 fully saturated rings. The molecule has 4 nitrogen and oxygen atoms in total. The fraction of sp³-hybridized carbons (Fsp3) is 0.0556. The SMILES string of the molecule is Cc1nn(-c2nc3ccc(Cl)cc3s2)c2c1C(=O)c1ccccc1-2. The van der Waals surface area contributed by atoms with Crippen LogP contribution in [0.5, 0.6) is 0 Å². The van der Waals surface area contributed by atoms with Crippen LogP contribution in [0.2, 0.25) is 5.02 Å². The Bertz CT molecular complexity index is 1160. The van der Waals surface area contributed by atoms with Crippen molar-refractivity contribution in [3.8, 4) is 16.4 Å². The van der Waals surface area contributed by atoms with Gasteiger partial charge in [0, 0.05) is 16.1 Å². The van der Waals surface area contributed by atoms with Crippen LogP contribution in [-0.4, -0.2) is 20.5 Å². The van der Waals surface area contributed by atoms with Gasteiger partial charge in [0.05, 0.1) is 27.2 Å². The zero-order valence-corrected chi connectivity index (χ0v) is 14.1. The van der Waals surface area contributed by atoms with Crippen molar-refractivity contribution in [2.45, 2.75) is 6.92 Å². The predicted octanol–water partition coefficient (Wildman–Crippen LogP) is 4.66. The summed E-state index contributed by atoms with van der Waals surface area (Å²) in [5, 5.41) is 6.00. The van der Waals surface area contributed by atoms with Crippen molar-refractivity contribution in [2.75, 3.05) is 0 Å². The molecule has 0 atom stereocenters. The number of fused-ring (bicyclic) bond motifs is 4. The summed E-state index contributed by atoms with van der Waals surface area (Å²) < 4.78 is 2.78. The van der Waals surface area contributed by atoms with Crippen LogP contribution in [-0.2, 0) is 0 Å². The van der Waals surface area contributed by atoms with E-state index >= 15 is 0 Å². The van der Waals surface area contributed by atoms with E-state index in [0.717, 1.165) is 37.9 Å². The first-order valence-electron chi connectivity index (χ1n) is 7.43. The van der Waals surface area contributed by atoms with E-state index in [-0.39, 0.29) is 5.78 Å². The lowest BCUT2D eigenvalue weighted by Gasteiger charge is -2.02. The average molecular weight is 352 g/mol. The monoisotopic (exact) mass is 351 g/mol. The van der Waals surface area contributed by atoms with Gasteiger partial charge in [-0.05, 0) is 25.1 Å². The fourth-order valence-corrected chi connectivity index (χ4v) is 4.39. The summed E-state index contributed by atoms with van der Waals surface area (Å²) in [7, 11) is 0. The highest BCUT2D eigenvalue weighted by molar-refractivity contribution is 7.20. The van der Waals surface area contributed by atoms with Gasteiger partial charge in [-0.2, -0.15) is 5.10 Å². The molecule has 24 heavy (non-hydrogen) atoms. The number of nitrogens with zero attached hydrogens (tertiary/aromatic N) is 3. The second-order valence-corrected chi connectivity index (χ2v) is 7.15. The summed E-state index contributed by atoms with van der Waals surface area (Å²) in [6.07, 6.45) is 0. The third-order valence-electron chi connectivity index (χ3n) is 4.23. The van der Waals surface area contributed by atoms with Crippen LogP contribution in [0.4, 0.5) is 0 Å². The van der Waals surface area contributed by atoms with E-state index in [9.17, 15) is 4.79 Å². The Morgan fingerprint density at radius 1 is 1.12 bits per heavy atom. The molecule has 0 aliphatic heterocycles. The lowest BCUT2D eigenvalue weighted by molar-refractivity contribution is 0.104. The Hall–Kier alpha value is -2.50. The van der Waals surface area contributed by atoms with Gasteiger partial charge < -0.3 is 0 Å². The van der Waals surface area contributed by atoms with E-state index < -0.39 is 0 Å². The van der Waals surface area contributed by atoms with Crippen molar-refractivity contribution in [1.82, 2.24) is 14.8 Å². The molecule has 0 spiro atoms. The first-order valence-corrected chi connectivity index (χ1v) is 8.63. The smallest absolute Gasteiger partial charge is 0.212 e. The molecule has 0 radical (unpaired) electrons. The molecule has 0 bridgehead atoms. The number of carbonyl (C=O) groups excluding carboxylic acids is 1. The zero-order valence-electron chi connectivity index (χ0n) is 12.6. The Balaban J connectivity index is 1.81. The highest BCUT2D eigenvalue weighted by atomic mass is 35.5. The molecular formula is C18H10ClN3OS. The van der Waals surface area contributed by atoms with Gasteiger partial charge in [0.2, 0.25) is 5.13 Å². The number of rotatable bonds is 1. The van der Waals surface area contributed by atoms with Crippen LogP contribution in [0.25, 0.3) is 26.6 Å². The molecule has 4 aromatic rings. The summed E-state index contributed by atoms with van der Waals surface area (Å²) in [5.74, 6) is 0.0357. The van der Waals surface area contributed by atoms with E-state index in [2.05, 4.69) is 10.1 Å². The lowest BCUT2D eigenvalue weighted by atomic mass is 10.1. The molecule has 1 aliphatic carbocycles. The maximum Gasteiger partial charge on any atom is 0.212 e. The molecule has 0 amide bonds. The maximum absolute atomic E-state index is 12.7. The normalized spacial score (nSPS) is 12.7. The molecule has 5 rings (SSSR count). The minimum atomic E-state index is 0.0357. The largest absolute Gasteiger partial charge is 0.288 e. The third kappa shape index (κ3) is 1.76. The molecule has 0 saturated heterocycles. The van der Waals surface area contributed by atoms with Crippen molar-refractivity contribution >= 4 is 38.9 Å². The molecule has 116 valence electrons. The predicted molar refractivity (Wildman–Crippen MR) is 95.4 cm³/mol. The van der Waals surface area contributed by atoms with E-state index in [4.69, 9.17) is 11.6 Å². The molecular weight excluding hydrogens is 342 g/mol. The van der Waals surface area contributed by atoms with Gasteiger partial charge in [-0.3, -0.25) is 4.79 Å². The van der Waals surface area contributed by atoms with E-state index in [1.807, 2.05) is 49.4 Å². The summed E-state index contributed by atoms with van der Waals surface area (Å²) in [6, 6.07) is 13.3. The number of ketones is 1. The zero-order chi connectivity index (χ0) is 16.4. The molecule has 2 aromatic carbocycles. The maximum atomic E-state index is 12.7. The van der Waals surface area contributed by atoms with Crippen molar-refractivity contribution in [3.05, 3.63) is 64.3 Å². The summed E-state index contributed by atoms with van der Waals surface area (Å²) in [6.45, 7) is 1.86. The van der Waals surface area contributed by atoms with Gasteiger partial charge in [0.1, 0.15) is 0 Å². The first-order chi connectivity index (χ1) is 11.6. The van der Waals surface area contributed by atoms with E-state index in [1.54, 1.807) is 4.68 Å². The molecule has 0 unspecified atom stereocenters. The van der Waals surface area contributed by atoms with Crippen LogP contribution in [0.1, 0.15) is 21.6 Å². The average Bonchev–Trinajstić information content (AvgIpc) is 3.22. The Morgan fingerprint density at radius 2 is 1.92 bits per heavy atom. The standard InChI is InChI=1S/C18H10ClN3OS/c1-9-15-16(11-4-2-3-5-12(11)17(15)23)22(21-9)18-20-13-7-6-10(19)8-14(13)24-18/h2-8H,1H3. The van der Waals surface area contributed by atoms with Gasteiger partial charge in [0.25, 0.3) is 0 Å². The number of halogens is 1. The van der Waals surface area contributed by atoms with Gasteiger partial charge in [-0.15, -0.1) is 0 Å². The summed E-state index contributed by atoms with van der Waals surface area (Å²) >= 11 is 7.58. The lowest BCUT2D eigenvalue weighted by Crippen LogP contribution is -1.99. The number of carbonyl (C=O) groups is 1. The molecule has 0 saturated carbocycles. The number of thiazole rings is 1. The minimum absolute atomic E-state index is 0.0357. The first kappa shape index (κ1) is 13.9. The Morgan fingerprint density at radius 3 is 2.75 bits per heavy atom. The van der Waals surface area contributed by atoms with Crippen molar-refractivity contribution in [3.63, 3.8) is 0 Å². The van der Waals surface area contributed by atoms with Crippen LogP contribution >= 0.6 is 22.9 Å². The van der Waals surface area contributed by atoms with E-state index in [0.29, 0.717) is 10.6 Å². The van der Waals surface area contributed by atoms with Gasteiger partial charge in [0.15, 0.2) is 5.78 Å². The third-order valence-corrected chi connectivity index (χ3v) is 5.46. The summed E-state index contributed by atoms with van der Waals surface area (Å²) in [5.41, 5.74) is 4.75. The quantitative estimate of drug-likeness (QED) is 0.441. The van der Waals surface area contributed by atoms with Crippen molar-refractivity contribution in [2.24, 2.45) is 0 Å². The van der Waals surface area contributed by atoms with E-state index in [1.165, 1.54) is 11.3 Å². The van der Waals surface area contributed by atoms with Gasteiger partial charge in [-0.25, -0.2) is 9.67 Å². The molecule has 2 heterocycles. The highest BCUT2D eigenvalue weighted by Gasteiger charge is 2.34. The number of hydrogen-bond donors (Lipinski definition) is 0. The Labute approximate surface area is 146 Å². The van der Waals surface area contributed by atoms with Crippen LogP contribution in [0.15, 0.2) is 42.5 Å². The minimum Gasteiger partial charge on any atom is -0.288 e. The molecule has 6 heteroatoms. The van der Waals surface area contributed by atoms with Crippen LogP contribution in [0, 0.1) is 6.92 Å². The number of aromatic nitrogens is 3. The molecule has 1 aliphatic rings. The van der Waals surface area contributed by atoms with Crippen LogP contribution in [0.3, 0.4) is 0 Å². The fourth-order valence-electron chi connectivity index (χ4n) is 3.19. The van der Waals surface area contributed by atoms with Gasteiger partial charge >= 0.3 is 0 Å². The number of hydrogen-bond acceptors (Lipinski definition) is 4. The number of aryl methyl sites for hydroxylation is 1. The van der Waals surface area contributed by atoms with Crippen LogP contribution < -0.4 is 0 Å². The van der Waals surface area contributed by atoms with Crippen molar-refractivity contribution < 1.29 is 4.79 Å². The van der Waals surface area contributed by atoms with Gasteiger partial charge in [-0.1, -0.05) is 47.2 Å². The highest BCUT2D eigenvalue weighted by Crippen LogP contribution is 2.40. The molecule has 0 N–H and O–H groups in total. The topological polar surface area (TPSA) is 47.8 Å². The molecule has 2 aromatic heterocycles. The Kier molecular flexibility index (Phi) is 2.75. The second-order valence-electron chi connectivity index (χ2n) is 5.70. The second kappa shape index (κ2) is 4.75. The number of benzene rings is 2. The summed E-state index contributed by atoms with van der Waals surface area (Å²) in [4.78, 5) is 17.3. The van der Waals surface area contributed by atoms with Crippen molar-refractivity contribution in [1.29, 1.82) is 0 Å².